The summed E-state index contributed by atoms with van der Waals surface area (Å²) in [5.41, 5.74) is -0.0127. The Morgan fingerprint density at radius 2 is 1.80 bits per heavy atom. The summed E-state index contributed by atoms with van der Waals surface area (Å²) in [4.78, 5) is 11.5. The average Bonchev–Trinajstić information content (AvgIpc) is 3.09. The van der Waals surface area contributed by atoms with Gasteiger partial charge < -0.3 is 9.84 Å². The number of primary sulfonamides is 1. The number of benzene rings is 1. The Labute approximate surface area is 146 Å². The number of carboxylic acids is 1. The van der Waals surface area contributed by atoms with Gasteiger partial charge in [0.15, 0.2) is 0 Å². The van der Waals surface area contributed by atoms with Crippen molar-refractivity contribution in [3.8, 4) is 5.75 Å². The molecule has 0 amide bonds. The highest BCUT2D eigenvalue weighted by atomic mass is 32.2. The molecule has 1 aromatic rings. The molecule has 134 valence electrons. The van der Waals surface area contributed by atoms with E-state index >= 15 is 0 Å². The van der Waals surface area contributed by atoms with Gasteiger partial charge in [0.1, 0.15) is 11.5 Å². The van der Waals surface area contributed by atoms with E-state index in [1.807, 2.05) is 6.07 Å². The molecule has 3 N–H and O–H groups in total. The number of carboxylic acid groups (broad SMARTS) is 1. The Bertz CT molecular complexity index is 826. The van der Waals surface area contributed by atoms with Gasteiger partial charge in [-0.2, -0.15) is 0 Å². The molecular weight excluding hydrogens is 344 g/mol. The number of carbonyl (C=O) groups is 1. The number of rotatable bonds is 5. The number of likely N-dealkylation sites (tertiary alicyclic amines) is 1. The highest BCUT2D eigenvalue weighted by molar-refractivity contribution is 7.90. The highest BCUT2D eigenvalue weighted by Crippen LogP contribution is 2.41. The van der Waals surface area contributed by atoms with Gasteiger partial charge in [-0.3, -0.25) is 4.90 Å². The molecule has 0 saturated carbocycles. The van der Waals surface area contributed by atoms with Crippen LogP contribution in [0, 0.1) is 0 Å². The van der Waals surface area contributed by atoms with Crippen LogP contribution < -0.4 is 9.88 Å². The Hall–Kier alpha value is -2.16. The van der Waals surface area contributed by atoms with E-state index in [1.54, 1.807) is 29.2 Å². The van der Waals surface area contributed by atoms with E-state index in [0.717, 1.165) is 12.8 Å². The number of aliphatic carboxylic acids is 1. The first-order valence-corrected chi connectivity index (χ1v) is 9.54. The molecule has 0 spiro atoms. The van der Waals surface area contributed by atoms with Gasteiger partial charge in [0.2, 0.25) is 14.9 Å². The van der Waals surface area contributed by atoms with Crippen LogP contribution in [0.1, 0.15) is 19.3 Å². The molecule has 1 unspecified atom stereocenters. The number of ether oxygens (including phenoxy) is 1. The first-order chi connectivity index (χ1) is 11.8. The number of allylic oxidation sites excluding steroid dienone is 2. The number of para-hydroxylation sites is 1. The van der Waals surface area contributed by atoms with E-state index in [2.05, 4.69) is 0 Å². The first-order valence-electron chi connectivity index (χ1n) is 7.99. The molecule has 1 aliphatic heterocycles. The molecule has 0 radical (unpaired) electrons. The summed E-state index contributed by atoms with van der Waals surface area (Å²) >= 11 is 0. The third-order valence-corrected chi connectivity index (χ3v) is 6.13. The van der Waals surface area contributed by atoms with E-state index in [9.17, 15) is 18.3 Å². The maximum absolute atomic E-state index is 12.7. The maximum Gasteiger partial charge on any atom is 0.331 e. The fourth-order valence-electron chi connectivity index (χ4n) is 3.35. The van der Waals surface area contributed by atoms with Crippen molar-refractivity contribution in [2.24, 2.45) is 5.14 Å². The van der Waals surface area contributed by atoms with E-state index in [1.165, 1.54) is 12.2 Å². The predicted octanol–water partition coefficient (Wildman–Crippen LogP) is 1.44. The summed E-state index contributed by atoms with van der Waals surface area (Å²) < 4.78 is 31.2. The van der Waals surface area contributed by atoms with E-state index < -0.39 is 20.9 Å². The standard InChI is InChI=1S/C17H20N2O5S/c18-25(22,23)17(19-10-4-5-11-19)12-13(16(20)21)8-9-15(17)24-14-6-2-1-3-7-14/h1-3,6-9H,4-5,10-12H2,(H,20,21)(H2,18,22,23). The van der Waals surface area contributed by atoms with Crippen molar-refractivity contribution in [2.75, 3.05) is 13.1 Å². The van der Waals surface area contributed by atoms with E-state index in [4.69, 9.17) is 9.88 Å². The number of hydrogen-bond acceptors (Lipinski definition) is 5. The van der Waals surface area contributed by atoms with Crippen molar-refractivity contribution < 1.29 is 23.1 Å². The first kappa shape index (κ1) is 17.7. The zero-order chi connectivity index (χ0) is 18.1. The van der Waals surface area contributed by atoms with Crippen molar-refractivity contribution in [3.05, 3.63) is 53.8 Å². The van der Waals surface area contributed by atoms with Gasteiger partial charge >= 0.3 is 5.97 Å². The van der Waals surface area contributed by atoms with Gasteiger partial charge in [-0.1, -0.05) is 18.2 Å². The third kappa shape index (κ3) is 3.20. The van der Waals surface area contributed by atoms with Crippen LogP contribution in [-0.2, 0) is 14.8 Å². The number of hydrogen-bond donors (Lipinski definition) is 2. The Kier molecular flexibility index (Phi) is 4.68. The largest absolute Gasteiger partial charge is 0.478 e. The fourth-order valence-corrected chi connectivity index (χ4v) is 4.64. The van der Waals surface area contributed by atoms with Gasteiger partial charge in [0.05, 0.1) is 0 Å². The molecule has 1 atom stereocenters. The molecule has 3 rings (SSSR count). The summed E-state index contributed by atoms with van der Waals surface area (Å²) in [6.45, 7) is 1.03. The minimum absolute atomic E-state index is 0.0127. The van der Waals surface area contributed by atoms with Crippen molar-refractivity contribution in [1.82, 2.24) is 4.90 Å². The summed E-state index contributed by atoms with van der Waals surface area (Å²) in [6, 6.07) is 8.76. The molecule has 1 aromatic carbocycles. The molecule has 1 saturated heterocycles. The number of sulfonamides is 1. The molecule has 7 nitrogen and oxygen atoms in total. The van der Waals surface area contributed by atoms with Crippen LogP contribution in [0.15, 0.2) is 53.8 Å². The maximum atomic E-state index is 12.7. The molecule has 1 fully saturated rings. The lowest BCUT2D eigenvalue weighted by Crippen LogP contribution is -2.59. The molecule has 1 heterocycles. The van der Waals surface area contributed by atoms with Crippen LogP contribution >= 0.6 is 0 Å². The second-order valence-corrected chi connectivity index (χ2v) is 7.91. The summed E-state index contributed by atoms with van der Waals surface area (Å²) in [7, 11) is -4.18. The molecule has 0 bridgehead atoms. The Morgan fingerprint density at radius 3 is 2.36 bits per heavy atom. The SMILES string of the molecule is NS(=O)(=O)C1(N2CCCC2)CC(C(=O)O)=CC=C1Oc1ccccc1. The topological polar surface area (TPSA) is 110 Å². The number of nitrogens with zero attached hydrogens (tertiary/aromatic N) is 1. The lowest BCUT2D eigenvalue weighted by Gasteiger charge is -2.42. The van der Waals surface area contributed by atoms with Crippen molar-refractivity contribution >= 4 is 16.0 Å². The lowest BCUT2D eigenvalue weighted by molar-refractivity contribution is -0.133. The van der Waals surface area contributed by atoms with Crippen LogP contribution in [-0.4, -0.2) is 42.4 Å². The zero-order valence-corrected chi connectivity index (χ0v) is 14.4. The van der Waals surface area contributed by atoms with Crippen molar-refractivity contribution in [2.45, 2.75) is 24.1 Å². The summed E-state index contributed by atoms with van der Waals surface area (Å²) in [6.07, 6.45) is 4.17. The molecule has 1 aliphatic carbocycles. The van der Waals surface area contributed by atoms with Crippen LogP contribution in [0.5, 0.6) is 5.75 Å². The van der Waals surface area contributed by atoms with Gasteiger partial charge in [-0.15, -0.1) is 0 Å². The van der Waals surface area contributed by atoms with Crippen LogP contribution in [0.2, 0.25) is 0 Å². The Balaban J connectivity index is 2.12. The number of nitrogens with two attached hydrogens (primary N) is 1. The van der Waals surface area contributed by atoms with Gasteiger partial charge in [-0.25, -0.2) is 18.4 Å². The predicted molar refractivity (Wildman–Crippen MR) is 92.1 cm³/mol. The second-order valence-electron chi connectivity index (χ2n) is 6.14. The third-order valence-electron chi connectivity index (χ3n) is 4.58. The lowest BCUT2D eigenvalue weighted by atomic mass is 9.96. The van der Waals surface area contributed by atoms with E-state index in [0.29, 0.717) is 18.8 Å². The monoisotopic (exact) mass is 364 g/mol. The minimum atomic E-state index is -4.18. The highest BCUT2D eigenvalue weighted by Gasteiger charge is 2.54. The second kappa shape index (κ2) is 6.62. The van der Waals surface area contributed by atoms with Gasteiger partial charge in [0.25, 0.3) is 0 Å². The summed E-state index contributed by atoms with van der Waals surface area (Å²) in [5, 5.41) is 15.0. The molecular formula is C17H20N2O5S. The Morgan fingerprint density at radius 1 is 1.16 bits per heavy atom. The van der Waals surface area contributed by atoms with Crippen molar-refractivity contribution in [1.29, 1.82) is 0 Å². The minimum Gasteiger partial charge on any atom is -0.478 e. The molecule has 0 aromatic heterocycles. The molecule has 2 aliphatic rings. The van der Waals surface area contributed by atoms with Crippen LogP contribution in [0.3, 0.4) is 0 Å². The molecule has 25 heavy (non-hydrogen) atoms. The summed E-state index contributed by atoms with van der Waals surface area (Å²) in [5.74, 6) is -0.566. The zero-order valence-electron chi connectivity index (χ0n) is 13.6. The smallest absolute Gasteiger partial charge is 0.331 e. The van der Waals surface area contributed by atoms with Crippen LogP contribution in [0.4, 0.5) is 0 Å². The molecule has 8 heteroatoms. The van der Waals surface area contributed by atoms with Crippen molar-refractivity contribution in [3.63, 3.8) is 0 Å². The quantitative estimate of drug-likeness (QED) is 0.818. The van der Waals surface area contributed by atoms with Crippen LogP contribution in [0.25, 0.3) is 0 Å². The van der Waals surface area contributed by atoms with Gasteiger partial charge in [0, 0.05) is 25.1 Å². The average molecular weight is 364 g/mol. The van der Waals surface area contributed by atoms with Gasteiger partial charge in [-0.05, 0) is 37.1 Å². The normalized spacial score (nSPS) is 24.5. The fraction of sp³-hybridized carbons (Fsp3) is 0.353. The van der Waals surface area contributed by atoms with E-state index in [-0.39, 0.29) is 17.8 Å².